The maximum atomic E-state index is 10.5. The van der Waals surface area contributed by atoms with Gasteiger partial charge < -0.3 is 5.11 Å². The van der Waals surface area contributed by atoms with E-state index in [1.165, 1.54) is 5.56 Å². The van der Waals surface area contributed by atoms with Gasteiger partial charge in [-0.15, -0.1) is 11.3 Å². The Bertz CT molecular complexity index is 598. The number of nitrogens with zero attached hydrogens (tertiary/aromatic N) is 2. The summed E-state index contributed by atoms with van der Waals surface area (Å²) in [6.07, 6.45) is 0.943. The van der Waals surface area contributed by atoms with Crippen molar-refractivity contribution in [1.29, 1.82) is 0 Å². The van der Waals surface area contributed by atoms with Crippen molar-refractivity contribution in [3.05, 3.63) is 50.9 Å². The molecule has 0 atom stereocenters. The quantitative estimate of drug-likeness (QED) is 0.849. The van der Waals surface area contributed by atoms with Crippen molar-refractivity contribution >= 4 is 28.9 Å². The molecule has 1 aromatic heterocycles. The van der Waals surface area contributed by atoms with Crippen LogP contribution in [0.15, 0.2) is 29.6 Å². The van der Waals surface area contributed by atoms with E-state index in [1.54, 1.807) is 11.3 Å². The molecule has 6 heteroatoms. The maximum Gasteiger partial charge on any atom is 0.304 e. The lowest BCUT2D eigenvalue weighted by Gasteiger charge is -2.13. The van der Waals surface area contributed by atoms with Gasteiger partial charge in [0.25, 0.3) is 0 Å². The smallest absolute Gasteiger partial charge is 0.304 e. The third kappa shape index (κ3) is 5.46. The summed E-state index contributed by atoms with van der Waals surface area (Å²) in [5, 5.41) is 12.5. The van der Waals surface area contributed by atoms with Crippen molar-refractivity contribution in [2.75, 3.05) is 13.6 Å². The second kappa shape index (κ2) is 7.54. The molecule has 0 fully saturated rings. The first-order valence-corrected chi connectivity index (χ1v) is 7.87. The molecule has 0 amide bonds. The molecule has 112 valence electrons. The molecule has 1 aromatic carbocycles. The van der Waals surface area contributed by atoms with E-state index in [0.29, 0.717) is 13.1 Å². The van der Waals surface area contributed by atoms with Gasteiger partial charge in [0.05, 0.1) is 17.1 Å². The van der Waals surface area contributed by atoms with E-state index in [-0.39, 0.29) is 6.42 Å². The van der Waals surface area contributed by atoms with Crippen molar-refractivity contribution < 1.29 is 9.90 Å². The third-order valence-electron chi connectivity index (χ3n) is 3.01. The molecule has 0 bridgehead atoms. The fourth-order valence-electron chi connectivity index (χ4n) is 1.92. The summed E-state index contributed by atoms with van der Waals surface area (Å²) in [6.45, 7) is 1.20. The van der Waals surface area contributed by atoms with Crippen LogP contribution in [0, 0.1) is 0 Å². The SMILES string of the molecule is CN(CCC(=O)O)Cc1csc(Cc2ccc(Cl)cc2)n1. The highest BCUT2D eigenvalue weighted by Crippen LogP contribution is 2.17. The molecule has 0 radical (unpaired) electrons. The normalized spacial score (nSPS) is 11.0. The lowest BCUT2D eigenvalue weighted by Crippen LogP contribution is -2.21. The molecular formula is C15H17ClN2O2S. The molecule has 1 heterocycles. The average Bonchev–Trinajstić information content (AvgIpc) is 2.86. The van der Waals surface area contributed by atoms with Gasteiger partial charge in [-0.1, -0.05) is 23.7 Å². The topological polar surface area (TPSA) is 53.4 Å². The van der Waals surface area contributed by atoms with Gasteiger partial charge in [0.1, 0.15) is 0 Å². The van der Waals surface area contributed by atoms with E-state index < -0.39 is 5.97 Å². The summed E-state index contributed by atoms with van der Waals surface area (Å²) >= 11 is 7.50. The van der Waals surface area contributed by atoms with Crippen LogP contribution in [0.2, 0.25) is 5.02 Å². The number of aliphatic carboxylic acids is 1. The van der Waals surface area contributed by atoms with Crippen molar-refractivity contribution in [3.63, 3.8) is 0 Å². The Labute approximate surface area is 133 Å². The van der Waals surface area contributed by atoms with E-state index in [1.807, 2.05) is 41.6 Å². The first-order chi connectivity index (χ1) is 10.0. The standard InChI is InChI=1S/C15H17ClN2O2S/c1-18(7-6-15(19)20)9-13-10-21-14(17-13)8-11-2-4-12(16)5-3-11/h2-5,10H,6-9H2,1H3,(H,19,20). The van der Waals surface area contributed by atoms with Gasteiger partial charge in [-0.2, -0.15) is 0 Å². The lowest BCUT2D eigenvalue weighted by molar-refractivity contribution is -0.137. The van der Waals surface area contributed by atoms with Crippen LogP contribution in [0.5, 0.6) is 0 Å². The molecule has 0 unspecified atom stereocenters. The molecule has 0 spiro atoms. The zero-order chi connectivity index (χ0) is 15.2. The monoisotopic (exact) mass is 324 g/mol. The van der Waals surface area contributed by atoms with E-state index in [0.717, 1.165) is 22.1 Å². The predicted molar refractivity (Wildman–Crippen MR) is 85.0 cm³/mol. The summed E-state index contributed by atoms with van der Waals surface area (Å²) < 4.78 is 0. The van der Waals surface area contributed by atoms with Crippen LogP contribution in [-0.2, 0) is 17.8 Å². The Morgan fingerprint density at radius 2 is 2.10 bits per heavy atom. The molecule has 21 heavy (non-hydrogen) atoms. The van der Waals surface area contributed by atoms with E-state index in [9.17, 15) is 4.79 Å². The van der Waals surface area contributed by atoms with Gasteiger partial charge >= 0.3 is 5.97 Å². The van der Waals surface area contributed by atoms with Crippen LogP contribution >= 0.6 is 22.9 Å². The molecule has 0 saturated carbocycles. The Morgan fingerprint density at radius 3 is 2.76 bits per heavy atom. The number of hydrogen-bond donors (Lipinski definition) is 1. The van der Waals surface area contributed by atoms with E-state index >= 15 is 0 Å². The van der Waals surface area contributed by atoms with Gasteiger partial charge in [0, 0.05) is 29.9 Å². The Morgan fingerprint density at radius 1 is 1.38 bits per heavy atom. The molecule has 4 nitrogen and oxygen atoms in total. The number of hydrogen-bond acceptors (Lipinski definition) is 4. The molecule has 2 rings (SSSR count). The zero-order valence-corrected chi connectivity index (χ0v) is 13.3. The van der Waals surface area contributed by atoms with Gasteiger partial charge in [0.15, 0.2) is 0 Å². The maximum absolute atomic E-state index is 10.5. The largest absolute Gasteiger partial charge is 0.481 e. The van der Waals surface area contributed by atoms with Crippen molar-refractivity contribution in [2.45, 2.75) is 19.4 Å². The van der Waals surface area contributed by atoms with Gasteiger partial charge in [-0.05, 0) is 24.7 Å². The second-order valence-corrected chi connectivity index (χ2v) is 6.30. The third-order valence-corrected chi connectivity index (χ3v) is 4.16. The average molecular weight is 325 g/mol. The van der Waals surface area contributed by atoms with E-state index in [4.69, 9.17) is 16.7 Å². The minimum absolute atomic E-state index is 0.151. The van der Waals surface area contributed by atoms with Crippen LogP contribution < -0.4 is 0 Å². The van der Waals surface area contributed by atoms with Crippen molar-refractivity contribution in [3.8, 4) is 0 Å². The summed E-state index contributed by atoms with van der Waals surface area (Å²) in [6, 6.07) is 7.76. The number of aromatic nitrogens is 1. The fraction of sp³-hybridized carbons (Fsp3) is 0.333. The highest BCUT2D eigenvalue weighted by atomic mass is 35.5. The highest BCUT2D eigenvalue weighted by molar-refractivity contribution is 7.09. The van der Waals surface area contributed by atoms with Crippen LogP contribution in [0.4, 0.5) is 0 Å². The number of rotatable bonds is 7. The first kappa shape index (κ1) is 15.9. The summed E-state index contributed by atoms with van der Waals surface area (Å²) in [4.78, 5) is 17.1. The number of carbonyl (C=O) groups is 1. The van der Waals surface area contributed by atoms with E-state index in [2.05, 4.69) is 4.98 Å². The second-order valence-electron chi connectivity index (χ2n) is 4.92. The number of carboxylic acids is 1. The fourth-order valence-corrected chi connectivity index (χ4v) is 2.87. The molecule has 0 aliphatic carbocycles. The van der Waals surface area contributed by atoms with Gasteiger partial charge in [-0.3, -0.25) is 9.69 Å². The zero-order valence-electron chi connectivity index (χ0n) is 11.8. The number of halogens is 1. The lowest BCUT2D eigenvalue weighted by atomic mass is 10.2. The minimum Gasteiger partial charge on any atom is -0.481 e. The molecule has 0 aliphatic rings. The number of thiazole rings is 1. The summed E-state index contributed by atoms with van der Waals surface area (Å²) in [5.41, 5.74) is 2.16. The molecule has 1 N–H and O–H groups in total. The first-order valence-electron chi connectivity index (χ1n) is 6.61. The molecular weight excluding hydrogens is 308 g/mol. The molecule has 0 saturated heterocycles. The minimum atomic E-state index is -0.774. The van der Waals surface area contributed by atoms with Crippen LogP contribution in [-0.4, -0.2) is 34.6 Å². The molecule has 2 aromatic rings. The Balaban J connectivity index is 1.89. The highest BCUT2D eigenvalue weighted by Gasteiger charge is 2.07. The Kier molecular flexibility index (Phi) is 5.73. The van der Waals surface area contributed by atoms with Crippen LogP contribution in [0.3, 0.4) is 0 Å². The van der Waals surface area contributed by atoms with Crippen LogP contribution in [0.1, 0.15) is 22.7 Å². The van der Waals surface area contributed by atoms with Crippen molar-refractivity contribution in [1.82, 2.24) is 9.88 Å². The summed E-state index contributed by atoms with van der Waals surface area (Å²) in [7, 11) is 1.90. The summed E-state index contributed by atoms with van der Waals surface area (Å²) in [5.74, 6) is -0.774. The predicted octanol–water partition coefficient (Wildman–Crippen LogP) is 3.29. The van der Waals surface area contributed by atoms with Gasteiger partial charge in [0.2, 0.25) is 0 Å². The molecule has 0 aliphatic heterocycles. The van der Waals surface area contributed by atoms with Gasteiger partial charge in [-0.25, -0.2) is 4.98 Å². The number of carboxylic acid groups (broad SMARTS) is 1. The van der Waals surface area contributed by atoms with Crippen LogP contribution in [0.25, 0.3) is 0 Å². The number of benzene rings is 1. The van der Waals surface area contributed by atoms with Crippen molar-refractivity contribution in [2.24, 2.45) is 0 Å². The Hall–Kier alpha value is -1.43.